The second-order valence-corrected chi connectivity index (χ2v) is 6.58. The van der Waals surface area contributed by atoms with Crippen molar-refractivity contribution in [3.63, 3.8) is 0 Å². The fraction of sp³-hybridized carbons (Fsp3) is 0. The normalized spacial score (nSPS) is 11.7. The number of hydrogen-bond donors (Lipinski definition) is 2. The summed E-state index contributed by atoms with van der Waals surface area (Å²) in [6, 6.07) is 35.0. The van der Waals surface area contributed by atoms with Crippen LogP contribution in [0.1, 0.15) is 22.3 Å². The maximum atomic E-state index is 9.77. The Hall–Kier alpha value is -3.78. The van der Waals surface area contributed by atoms with Crippen LogP contribution in [0.25, 0.3) is 11.1 Å². The molecule has 2 nitrogen and oxygen atoms in total. The maximum absolute atomic E-state index is 9.77. The van der Waals surface area contributed by atoms with E-state index in [1.807, 2.05) is 60.7 Å². The van der Waals surface area contributed by atoms with Crippen molar-refractivity contribution >= 4 is 11.1 Å². The molecule has 136 valence electrons. The minimum Gasteiger partial charge on any atom is -0.508 e. The van der Waals surface area contributed by atoms with E-state index in [0.717, 1.165) is 33.4 Å². The van der Waals surface area contributed by atoms with Crippen molar-refractivity contribution in [2.24, 2.45) is 0 Å². The standard InChI is InChI=1S/C26H20O2/c27-23-15-11-21(12-16-23)25(19-7-3-1-4-8-19)26(20-9-5-2-6-10-20)22-13-17-24(28)18-14-22/h1-18,27-28H. The Bertz CT molecular complexity index is 988. The summed E-state index contributed by atoms with van der Waals surface area (Å²) in [5.74, 6) is 0.476. The molecule has 0 fully saturated rings. The van der Waals surface area contributed by atoms with Crippen LogP contribution in [0.15, 0.2) is 109 Å². The highest BCUT2D eigenvalue weighted by molar-refractivity contribution is 6.04. The van der Waals surface area contributed by atoms with Gasteiger partial charge < -0.3 is 10.2 Å². The monoisotopic (exact) mass is 364 g/mol. The van der Waals surface area contributed by atoms with E-state index in [1.54, 1.807) is 24.3 Å². The molecule has 0 atom stereocenters. The number of hydrogen-bond acceptors (Lipinski definition) is 2. The zero-order valence-electron chi connectivity index (χ0n) is 15.3. The molecule has 28 heavy (non-hydrogen) atoms. The first-order chi connectivity index (χ1) is 13.7. The smallest absolute Gasteiger partial charge is 0.115 e. The van der Waals surface area contributed by atoms with E-state index in [1.165, 1.54) is 0 Å². The van der Waals surface area contributed by atoms with Gasteiger partial charge in [-0.05, 0) is 57.7 Å². The first-order valence-electron chi connectivity index (χ1n) is 9.16. The second kappa shape index (κ2) is 7.85. The average molecular weight is 364 g/mol. The third kappa shape index (κ3) is 3.67. The van der Waals surface area contributed by atoms with Crippen molar-refractivity contribution in [1.29, 1.82) is 0 Å². The van der Waals surface area contributed by atoms with Gasteiger partial charge in [0.25, 0.3) is 0 Å². The zero-order chi connectivity index (χ0) is 19.3. The first-order valence-corrected chi connectivity index (χ1v) is 9.16. The number of benzene rings is 4. The van der Waals surface area contributed by atoms with Gasteiger partial charge in [-0.2, -0.15) is 0 Å². The Balaban J connectivity index is 2.08. The molecule has 0 aromatic heterocycles. The van der Waals surface area contributed by atoms with Gasteiger partial charge in [0.15, 0.2) is 0 Å². The van der Waals surface area contributed by atoms with E-state index in [0.29, 0.717) is 0 Å². The van der Waals surface area contributed by atoms with Gasteiger partial charge in [-0.3, -0.25) is 0 Å². The molecule has 0 aliphatic carbocycles. The highest BCUT2D eigenvalue weighted by Gasteiger charge is 2.16. The van der Waals surface area contributed by atoms with Gasteiger partial charge in [-0.15, -0.1) is 0 Å². The second-order valence-electron chi connectivity index (χ2n) is 6.58. The van der Waals surface area contributed by atoms with Crippen molar-refractivity contribution in [1.82, 2.24) is 0 Å². The van der Waals surface area contributed by atoms with Gasteiger partial charge >= 0.3 is 0 Å². The van der Waals surface area contributed by atoms with Crippen LogP contribution in [0.2, 0.25) is 0 Å². The van der Waals surface area contributed by atoms with Crippen molar-refractivity contribution in [3.05, 3.63) is 131 Å². The Morgan fingerprint density at radius 2 is 0.643 bits per heavy atom. The molecule has 2 heteroatoms. The highest BCUT2D eigenvalue weighted by Crippen LogP contribution is 2.37. The summed E-state index contributed by atoms with van der Waals surface area (Å²) in [6.07, 6.45) is 0. The van der Waals surface area contributed by atoms with E-state index in [2.05, 4.69) is 24.3 Å². The van der Waals surface area contributed by atoms with Gasteiger partial charge in [-0.25, -0.2) is 0 Å². The lowest BCUT2D eigenvalue weighted by molar-refractivity contribution is 0.474. The van der Waals surface area contributed by atoms with E-state index >= 15 is 0 Å². The van der Waals surface area contributed by atoms with Crippen LogP contribution in [-0.4, -0.2) is 10.2 Å². The van der Waals surface area contributed by atoms with Crippen LogP contribution in [0, 0.1) is 0 Å². The molecule has 4 rings (SSSR count). The summed E-state index contributed by atoms with van der Waals surface area (Å²) in [5, 5.41) is 19.5. The molecular formula is C26H20O2. The Morgan fingerprint density at radius 3 is 0.964 bits per heavy atom. The molecule has 0 heterocycles. The van der Waals surface area contributed by atoms with Gasteiger partial charge in [0.1, 0.15) is 11.5 Å². The highest BCUT2D eigenvalue weighted by atomic mass is 16.3. The maximum Gasteiger partial charge on any atom is 0.115 e. The molecule has 4 aromatic carbocycles. The predicted octanol–water partition coefficient (Wildman–Crippen LogP) is 6.11. The SMILES string of the molecule is Oc1ccc(C(=C(c2ccccc2)c2ccc(O)cc2)c2ccccc2)cc1. The number of phenolic OH excluding ortho intramolecular Hbond substituents is 2. The molecule has 0 spiro atoms. The summed E-state index contributed by atoms with van der Waals surface area (Å²) < 4.78 is 0. The van der Waals surface area contributed by atoms with E-state index in [4.69, 9.17) is 0 Å². The van der Waals surface area contributed by atoms with Crippen molar-refractivity contribution in [2.45, 2.75) is 0 Å². The molecule has 0 aliphatic rings. The largest absolute Gasteiger partial charge is 0.508 e. The Kier molecular flexibility index (Phi) is 4.94. The van der Waals surface area contributed by atoms with Crippen molar-refractivity contribution in [2.75, 3.05) is 0 Å². The van der Waals surface area contributed by atoms with Crippen LogP contribution < -0.4 is 0 Å². The lowest BCUT2D eigenvalue weighted by atomic mass is 9.86. The van der Waals surface area contributed by atoms with Crippen LogP contribution in [0.4, 0.5) is 0 Å². The first kappa shape index (κ1) is 17.6. The third-order valence-electron chi connectivity index (χ3n) is 4.69. The van der Waals surface area contributed by atoms with Gasteiger partial charge in [0.2, 0.25) is 0 Å². The van der Waals surface area contributed by atoms with E-state index in [9.17, 15) is 10.2 Å². The Labute approximate surface area is 164 Å². The van der Waals surface area contributed by atoms with Crippen molar-refractivity contribution in [3.8, 4) is 11.5 Å². The molecule has 0 amide bonds. The molecule has 4 aromatic rings. The fourth-order valence-corrected chi connectivity index (χ4v) is 3.38. The molecule has 0 unspecified atom stereocenters. The quantitative estimate of drug-likeness (QED) is 0.429. The molecule has 0 saturated carbocycles. The molecule has 0 bridgehead atoms. The molecule has 0 saturated heterocycles. The fourth-order valence-electron chi connectivity index (χ4n) is 3.38. The summed E-state index contributed by atoms with van der Waals surface area (Å²) in [6.45, 7) is 0. The lowest BCUT2D eigenvalue weighted by Gasteiger charge is -2.18. The number of rotatable bonds is 4. The van der Waals surface area contributed by atoms with Crippen LogP contribution in [0.5, 0.6) is 11.5 Å². The third-order valence-corrected chi connectivity index (χ3v) is 4.69. The van der Waals surface area contributed by atoms with E-state index in [-0.39, 0.29) is 11.5 Å². The molecule has 0 aliphatic heterocycles. The van der Waals surface area contributed by atoms with Gasteiger partial charge in [0.05, 0.1) is 0 Å². The minimum absolute atomic E-state index is 0.238. The molecule has 0 radical (unpaired) electrons. The number of aromatic hydroxyl groups is 2. The van der Waals surface area contributed by atoms with Gasteiger partial charge in [0, 0.05) is 0 Å². The van der Waals surface area contributed by atoms with Crippen LogP contribution in [0.3, 0.4) is 0 Å². The topological polar surface area (TPSA) is 40.5 Å². The van der Waals surface area contributed by atoms with Crippen LogP contribution in [-0.2, 0) is 0 Å². The average Bonchev–Trinajstić information content (AvgIpc) is 2.75. The minimum atomic E-state index is 0.238. The van der Waals surface area contributed by atoms with Crippen LogP contribution >= 0.6 is 0 Å². The summed E-state index contributed by atoms with van der Waals surface area (Å²) in [5.41, 5.74) is 6.32. The number of phenols is 2. The lowest BCUT2D eigenvalue weighted by Crippen LogP contribution is -1.97. The zero-order valence-corrected chi connectivity index (χ0v) is 15.3. The summed E-state index contributed by atoms with van der Waals surface area (Å²) in [7, 11) is 0. The summed E-state index contributed by atoms with van der Waals surface area (Å²) >= 11 is 0. The molecular weight excluding hydrogens is 344 g/mol. The molecule has 2 N–H and O–H groups in total. The van der Waals surface area contributed by atoms with Gasteiger partial charge in [-0.1, -0.05) is 84.9 Å². The van der Waals surface area contributed by atoms with E-state index < -0.39 is 0 Å². The predicted molar refractivity (Wildman–Crippen MR) is 114 cm³/mol. The van der Waals surface area contributed by atoms with Crippen molar-refractivity contribution < 1.29 is 10.2 Å². The Morgan fingerprint density at radius 1 is 0.357 bits per heavy atom. The summed E-state index contributed by atoms with van der Waals surface area (Å²) in [4.78, 5) is 0.